The lowest BCUT2D eigenvalue weighted by Gasteiger charge is -1.97. The number of aromatic amines is 1. The van der Waals surface area contributed by atoms with Gasteiger partial charge in [0.25, 0.3) is 11.8 Å². The topological polar surface area (TPSA) is 60.3 Å². The maximum Gasteiger partial charge on any atom is 0.259 e. The summed E-state index contributed by atoms with van der Waals surface area (Å²) in [5.74, 6) is -0.628. The first kappa shape index (κ1) is 8.62. The summed E-state index contributed by atoms with van der Waals surface area (Å²) < 4.78 is 0. The van der Waals surface area contributed by atoms with E-state index in [0.717, 1.165) is 5.56 Å². The molecule has 2 heterocycles. The summed E-state index contributed by atoms with van der Waals surface area (Å²) in [7, 11) is 0. The molecular formula is C10H9N2O2+. The van der Waals surface area contributed by atoms with Gasteiger partial charge in [0.15, 0.2) is 12.4 Å². The second kappa shape index (κ2) is 3.06. The van der Waals surface area contributed by atoms with E-state index >= 15 is 0 Å². The van der Waals surface area contributed by atoms with Crippen LogP contribution in [-0.2, 0) is 9.59 Å². The fraction of sp³-hybridized carbons (Fsp3) is 0.100. The molecule has 0 saturated heterocycles. The molecule has 0 saturated carbocycles. The smallest absolute Gasteiger partial charge is 0.259 e. The van der Waals surface area contributed by atoms with E-state index in [0.29, 0.717) is 11.1 Å². The minimum Gasteiger partial charge on any atom is -0.288 e. The van der Waals surface area contributed by atoms with Crippen LogP contribution >= 0.6 is 0 Å². The molecule has 0 atom stereocenters. The summed E-state index contributed by atoms with van der Waals surface area (Å²) in [4.78, 5) is 25.4. The van der Waals surface area contributed by atoms with Crippen molar-refractivity contribution in [3.8, 4) is 0 Å². The van der Waals surface area contributed by atoms with Crippen LogP contribution in [0.4, 0.5) is 0 Å². The zero-order chi connectivity index (χ0) is 10.1. The summed E-state index contributed by atoms with van der Waals surface area (Å²) in [6, 6.07) is 3.52. The van der Waals surface area contributed by atoms with E-state index < -0.39 is 0 Å². The number of aromatic nitrogens is 1. The Morgan fingerprint density at radius 3 is 2.29 bits per heavy atom. The summed E-state index contributed by atoms with van der Waals surface area (Å²) >= 11 is 0. The Morgan fingerprint density at radius 2 is 1.79 bits per heavy atom. The van der Waals surface area contributed by atoms with E-state index in [4.69, 9.17) is 0 Å². The molecule has 1 aromatic rings. The summed E-state index contributed by atoms with van der Waals surface area (Å²) in [6.07, 6.45) is 3.43. The van der Waals surface area contributed by atoms with Gasteiger partial charge < -0.3 is 0 Å². The molecule has 0 aromatic carbocycles. The van der Waals surface area contributed by atoms with Gasteiger partial charge in [0.2, 0.25) is 0 Å². The molecule has 0 spiro atoms. The van der Waals surface area contributed by atoms with Gasteiger partial charge in [-0.25, -0.2) is 4.98 Å². The second-order valence-electron chi connectivity index (χ2n) is 3.07. The predicted molar refractivity (Wildman–Crippen MR) is 48.7 cm³/mol. The Morgan fingerprint density at radius 1 is 1.14 bits per heavy atom. The van der Waals surface area contributed by atoms with Crippen LogP contribution in [0.2, 0.25) is 0 Å². The molecule has 0 aliphatic carbocycles. The normalized spacial score (nSPS) is 16.1. The maximum absolute atomic E-state index is 11.4. The molecule has 2 rings (SSSR count). The Kier molecular flexibility index (Phi) is 1.89. The molecule has 0 bridgehead atoms. The highest BCUT2D eigenvalue weighted by atomic mass is 16.2. The predicted octanol–water partition coefficient (Wildman–Crippen LogP) is -0.0694. The molecule has 14 heavy (non-hydrogen) atoms. The largest absolute Gasteiger partial charge is 0.288 e. The Labute approximate surface area is 80.7 Å². The highest BCUT2D eigenvalue weighted by Crippen LogP contribution is 2.22. The number of hydrogen-bond acceptors (Lipinski definition) is 2. The van der Waals surface area contributed by atoms with Crippen LogP contribution in [0.3, 0.4) is 0 Å². The van der Waals surface area contributed by atoms with Crippen LogP contribution < -0.4 is 10.3 Å². The highest BCUT2D eigenvalue weighted by Gasteiger charge is 2.27. The first-order valence-electron chi connectivity index (χ1n) is 4.23. The van der Waals surface area contributed by atoms with Gasteiger partial charge in [-0.2, -0.15) is 0 Å². The molecule has 0 fully saturated rings. The molecule has 0 unspecified atom stereocenters. The fourth-order valence-electron chi connectivity index (χ4n) is 1.44. The summed E-state index contributed by atoms with van der Waals surface area (Å²) in [5, 5.41) is 2.25. The van der Waals surface area contributed by atoms with Crippen LogP contribution in [0.5, 0.6) is 0 Å². The SMILES string of the molecule is CC1=C(c2cc[nH+]cc2)C(=O)NC1=O. The van der Waals surface area contributed by atoms with Crippen molar-refractivity contribution in [2.24, 2.45) is 0 Å². The molecule has 1 aliphatic rings. The monoisotopic (exact) mass is 189 g/mol. The van der Waals surface area contributed by atoms with Gasteiger partial charge in [0, 0.05) is 17.7 Å². The quantitative estimate of drug-likeness (QED) is 0.629. The average molecular weight is 189 g/mol. The van der Waals surface area contributed by atoms with Gasteiger partial charge in [0.05, 0.1) is 5.57 Å². The Bertz CT molecular complexity index is 435. The number of rotatable bonds is 1. The average Bonchev–Trinajstić information content (AvgIpc) is 2.43. The summed E-state index contributed by atoms with van der Waals surface area (Å²) in [5.41, 5.74) is 1.69. The maximum atomic E-state index is 11.4. The second-order valence-corrected chi connectivity index (χ2v) is 3.07. The number of imide groups is 1. The molecule has 1 aliphatic heterocycles. The number of nitrogens with one attached hydrogen (secondary N) is 2. The minimum absolute atomic E-state index is 0.308. The van der Waals surface area contributed by atoms with Crippen molar-refractivity contribution < 1.29 is 14.6 Å². The van der Waals surface area contributed by atoms with Crippen LogP contribution in [0.1, 0.15) is 12.5 Å². The number of H-pyrrole nitrogens is 1. The molecule has 1 aromatic heterocycles. The van der Waals surface area contributed by atoms with Crippen LogP contribution in [0.25, 0.3) is 5.57 Å². The first-order valence-corrected chi connectivity index (χ1v) is 4.23. The first-order chi connectivity index (χ1) is 6.70. The number of carbonyl (C=O) groups is 2. The van der Waals surface area contributed by atoms with Gasteiger partial charge in [-0.3, -0.25) is 14.9 Å². The molecule has 2 amide bonds. The lowest BCUT2D eigenvalue weighted by Crippen LogP contribution is -2.22. The fourth-order valence-corrected chi connectivity index (χ4v) is 1.44. The van der Waals surface area contributed by atoms with Gasteiger partial charge >= 0.3 is 0 Å². The van der Waals surface area contributed by atoms with Crippen molar-refractivity contribution in [3.63, 3.8) is 0 Å². The van der Waals surface area contributed by atoms with Crippen molar-refractivity contribution in [3.05, 3.63) is 35.7 Å². The van der Waals surface area contributed by atoms with E-state index in [1.165, 1.54) is 0 Å². The van der Waals surface area contributed by atoms with Crippen LogP contribution in [0.15, 0.2) is 30.1 Å². The van der Waals surface area contributed by atoms with Crippen molar-refractivity contribution >= 4 is 17.4 Å². The van der Waals surface area contributed by atoms with Crippen molar-refractivity contribution in [2.45, 2.75) is 6.92 Å². The minimum atomic E-state index is -0.321. The number of hydrogen-bond donors (Lipinski definition) is 1. The molecule has 2 N–H and O–H groups in total. The summed E-state index contributed by atoms with van der Waals surface area (Å²) in [6.45, 7) is 1.65. The van der Waals surface area contributed by atoms with Gasteiger partial charge in [-0.1, -0.05) is 0 Å². The molecule has 4 heteroatoms. The van der Waals surface area contributed by atoms with E-state index in [1.54, 1.807) is 31.5 Å². The molecule has 70 valence electrons. The highest BCUT2D eigenvalue weighted by molar-refractivity contribution is 6.35. The Hall–Kier alpha value is -1.97. The van der Waals surface area contributed by atoms with Gasteiger partial charge in [-0.15, -0.1) is 0 Å². The standard InChI is InChI=1S/C10H8N2O2/c1-6-8(10(14)12-9(6)13)7-2-4-11-5-3-7/h2-5H,1H3,(H,12,13,14)/p+1. The third-order valence-electron chi connectivity index (χ3n) is 2.18. The molecular weight excluding hydrogens is 180 g/mol. The van der Waals surface area contributed by atoms with Crippen LogP contribution in [0, 0.1) is 0 Å². The lowest BCUT2D eigenvalue weighted by molar-refractivity contribution is -0.378. The number of amides is 2. The number of carbonyl (C=O) groups excluding carboxylic acids is 2. The molecule has 0 radical (unpaired) electrons. The van der Waals surface area contributed by atoms with E-state index in [1.807, 2.05) is 0 Å². The zero-order valence-electron chi connectivity index (χ0n) is 7.63. The van der Waals surface area contributed by atoms with E-state index in [2.05, 4.69) is 10.3 Å². The van der Waals surface area contributed by atoms with Gasteiger partial charge in [0.1, 0.15) is 0 Å². The van der Waals surface area contributed by atoms with Crippen LogP contribution in [-0.4, -0.2) is 11.8 Å². The van der Waals surface area contributed by atoms with Crippen molar-refractivity contribution in [2.75, 3.05) is 0 Å². The third-order valence-corrected chi connectivity index (χ3v) is 2.18. The zero-order valence-corrected chi connectivity index (χ0v) is 7.63. The van der Waals surface area contributed by atoms with Gasteiger partial charge in [-0.05, 0) is 12.5 Å². The number of pyridine rings is 1. The molecule has 4 nitrogen and oxygen atoms in total. The van der Waals surface area contributed by atoms with Crippen molar-refractivity contribution in [1.82, 2.24) is 5.32 Å². The Balaban J connectivity index is 2.54. The van der Waals surface area contributed by atoms with E-state index in [-0.39, 0.29) is 11.8 Å². The van der Waals surface area contributed by atoms with E-state index in [9.17, 15) is 9.59 Å². The van der Waals surface area contributed by atoms with Crippen molar-refractivity contribution in [1.29, 1.82) is 0 Å². The lowest BCUT2D eigenvalue weighted by atomic mass is 10.0. The third kappa shape index (κ3) is 1.21.